The number of hydrogen-bond donors (Lipinski definition) is 3. The van der Waals surface area contributed by atoms with Gasteiger partial charge in [-0.2, -0.15) is 0 Å². The van der Waals surface area contributed by atoms with Crippen molar-refractivity contribution in [3.63, 3.8) is 0 Å². The molecule has 2 atom stereocenters. The molecule has 0 aromatic heterocycles. The van der Waals surface area contributed by atoms with E-state index < -0.39 is 30.1 Å². The van der Waals surface area contributed by atoms with Crippen molar-refractivity contribution in [3.8, 4) is 11.1 Å². The molecule has 0 aliphatic heterocycles. The van der Waals surface area contributed by atoms with E-state index in [0.717, 1.165) is 28.7 Å². The van der Waals surface area contributed by atoms with Crippen molar-refractivity contribution in [3.05, 3.63) is 59.7 Å². The smallest absolute Gasteiger partial charge is 0.407 e. The zero-order chi connectivity index (χ0) is 22.4. The molecule has 2 amide bonds. The highest BCUT2D eigenvalue weighted by Crippen LogP contribution is 2.44. The van der Waals surface area contributed by atoms with Gasteiger partial charge in [0.05, 0.1) is 0 Å². The van der Waals surface area contributed by atoms with Gasteiger partial charge in [-0.15, -0.1) is 0 Å². The minimum absolute atomic E-state index is 0.0758. The number of benzene rings is 2. The lowest BCUT2D eigenvalue weighted by Crippen LogP contribution is -2.50. The van der Waals surface area contributed by atoms with Gasteiger partial charge in [0.1, 0.15) is 18.7 Å². The van der Waals surface area contributed by atoms with E-state index in [0.29, 0.717) is 12.8 Å². The lowest BCUT2D eigenvalue weighted by atomic mass is 9.98. The number of unbranched alkanes of at least 4 members (excludes halogenated alkanes) is 1. The van der Waals surface area contributed by atoms with Crippen LogP contribution in [-0.4, -0.2) is 41.8 Å². The molecule has 0 saturated carbocycles. The van der Waals surface area contributed by atoms with Crippen LogP contribution in [0.2, 0.25) is 0 Å². The third-order valence-corrected chi connectivity index (χ3v) is 5.53. The Morgan fingerprint density at radius 1 is 1.00 bits per heavy atom. The Labute approximate surface area is 181 Å². The maximum Gasteiger partial charge on any atom is 0.407 e. The van der Waals surface area contributed by atoms with Crippen LogP contribution >= 0.6 is 0 Å². The van der Waals surface area contributed by atoms with Gasteiger partial charge in [0.15, 0.2) is 0 Å². The first-order valence-electron chi connectivity index (χ1n) is 10.6. The quantitative estimate of drug-likeness (QED) is 0.570. The Morgan fingerprint density at radius 3 is 2.13 bits per heavy atom. The van der Waals surface area contributed by atoms with Gasteiger partial charge in [-0.3, -0.25) is 9.59 Å². The molecule has 1 aliphatic carbocycles. The molecule has 0 saturated heterocycles. The number of carboxylic acid groups (broad SMARTS) is 1. The molecule has 3 N–H and O–H groups in total. The van der Waals surface area contributed by atoms with Gasteiger partial charge >= 0.3 is 12.1 Å². The summed E-state index contributed by atoms with van der Waals surface area (Å²) in [6, 6.07) is 14.2. The maximum absolute atomic E-state index is 12.5. The minimum Gasteiger partial charge on any atom is -0.480 e. The normalized spacial score (nSPS) is 14.1. The summed E-state index contributed by atoms with van der Waals surface area (Å²) in [5.41, 5.74) is 4.48. The second-order valence-electron chi connectivity index (χ2n) is 7.73. The van der Waals surface area contributed by atoms with Crippen LogP contribution in [0.3, 0.4) is 0 Å². The van der Waals surface area contributed by atoms with Gasteiger partial charge in [0.25, 0.3) is 0 Å². The molecule has 1 unspecified atom stereocenters. The summed E-state index contributed by atoms with van der Waals surface area (Å²) < 4.78 is 5.51. The Hall–Kier alpha value is -3.35. The molecular formula is C24H28N2O5. The number of rotatable bonds is 9. The number of nitrogens with one attached hydrogen (secondary N) is 2. The highest BCUT2D eigenvalue weighted by molar-refractivity contribution is 5.89. The van der Waals surface area contributed by atoms with E-state index in [-0.39, 0.29) is 12.5 Å². The fraction of sp³-hybridized carbons (Fsp3) is 0.375. The van der Waals surface area contributed by atoms with E-state index in [2.05, 4.69) is 22.8 Å². The fourth-order valence-corrected chi connectivity index (χ4v) is 3.84. The first-order valence-corrected chi connectivity index (χ1v) is 10.6. The molecule has 31 heavy (non-hydrogen) atoms. The molecule has 0 spiro atoms. The summed E-state index contributed by atoms with van der Waals surface area (Å²) in [6.07, 6.45) is 1.26. The Bertz CT molecular complexity index is 913. The van der Waals surface area contributed by atoms with Crippen molar-refractivity contribution in [1.29, 1.82) is 0 Å². The maximum atomic E-state index is 12.5. The Balaban J connectivity index is 1.65. The summed E-state index contributed by atoms with van der Waals surface area (Å²) in [5.74, 6) is -1.74. The molecule has 1 aliphatic rings. The number of aliphatic carboxylic acids is 1. The van der Waals surface area contributed by atoms with Crippen LogP contribution in [0, 0.1) is 0 Å². The lowest BCUT2D eigenvalue weighted by molar-refractivity contribution is -0.141. The van der Waals surface area contributed by atoms with E-state index >= 15 is 0 Å². The number of carbonyl (C=O) groups excluding carboxylic acids is 2. The zero-order valence-electron chi connectivity index (χ0n) is 17.8. The van der Waals surface area contributed by atoms with Crippen molar-refractivity contribution >= 4 is 18.0 Å². The van der Waals surface area contributed by atoms with Crippen LogP contribution in [-0.2, 0) is 14.3 Å². The van der Waals surface area contributed by atoms with Crippen molar-refractivity contribution in [2.24, 2.45) is 0 Å². The van der Waals surface area contributed by atoms with Crippen LogP contribution in [0.25, 0.3) is 11.1 Å². The standard InChI is InChI=1S/C24H28N2O5/c1-3-4-13-21(22(27)25-15(2)23(28)29)26-24(30)31-14-20-18-11-7-5-9-16(18)17-10-6-8-12-19(17)20/h5-12,15,20-21H,3-4,13-14H2,1-2H3,(H,25,27)(H,26,30)(H,28,29)/t15?,21-/m0/s1. The molecule has 0 bridgehead atoms. The first-order chi connectivity index (χ1) is 14.9. The summed E-state index contributed by atoms with van der Waals surface area (Å²) in [6.45, 7) is 3.50. The van der Waals surface area contributed by atoms with Crippen LogP contribution in [0.4, 0.5) is 4.79 Å². The molecule has 3 rings (SSSR count). The van der Waals surface area contributed by atoms with Gasteiger partial charge in [0, 0.05) is 5.92 Å². The van der Waals surface area contributed by atoms with Crippen LogP contribution in [0.15, 0.2) is 48.5 Å². The molecule has 164 valence electrons. The summed E-state index contributed by atoms with van der Waals surface area (Å²) in [7, 11) is 0. The third kappa shape index (κ3) is 5.23. The molecule has 0 radical (unpaired) electrons. The zero-order valence-corrected chi connectivity index (χ0v) is 17.8. The lowest BCUT2D eigenvalue weighted by Gasteiger charge is -2.20. The van der Waals surface area contributed by atoms with Gasteiger partial charge in [0.2, 0.25) is 5.91 Å². The van der Waals surface area contributed by atoms with Crippen LogP contribution in [0.1, 0.15) is 50.2 Å². The molecular weight excluding hydrogens is 396 g/mol. The van der Waals surface area contributed by atoms with Crippen molar-refractivity contribution in [2.45, 2.75) is 51.1 Å². The highest BCUT2D eigenvalue weighted by Gasteiger charge is 2.30. The predicted octanol–water partition coefficient (Wildman–Crippen LogP) is 3.67. The molecule has 7 heteroatoms. The fourth-order valence-electron chi connectivity index (χ4n) is 3.84. The summed E-state index contributed by atoms with van der Waals surface area (Å²) >= 11 is 0. The van der Waals surface area contributed by atoms with Crippen LogP contribution < -0.4 is 10.6 Å². The SMILES string of the molecule is CCCC[C@H](NC(=O)OCC1c2ccccc2-c2ccccc21)C(=O)NC(C)C(=O)O. The van der Waals surface area contributed by atoms with E-state index in [9.17, 15) is 14.4 Å². The molecule has 0 heterocycles. The topological polar surface area (TPSA) is 105 Å². The second-order valence-corrected chi connectivity index (χ2v) is 7.73. The second kappa shape index (κ2) is 10.1. The molecule has 2 aromatic carbocycles. The number of amides is 2. The van der Waals surface area contributed by atoms with Gasteiger partial charge in [-0.05, 0) is 35.6 Å². The van der Waals surface area contributed by atoms with E-state index in [4.69, 9.17) is 9.84 Å². The average molecular weight is 424 g/mol. The predicted molar refractivity (Wildman–Crippen MR) is 117 cm³/mol. The van der Waals surface area contributed by atoms with Crippen molar-refractivity contribution in [2.75, 3.05) is 6.61 Å². The molecule has 2 aromatic rings. The summed E-state index contributed by atoms with van der Waals surface area (Å²) in [4.78, 5) is 36.0. The largest absolute Gasteiger partial charge is 0.480 e. The summed E-state index contributed by atoms with van der Waals surface area (Å²) in [5, 5.41) is 14.0. The van der Waals surface area contributed by atoms with Crippen LogP contribution in [0.5, 0.6) is 0 Å². The monoisotopic (exact) mass is 424 g/mol. The van der Waals surface area contributed by atoms with E-state index in [1.54, 1.807) is 0 Å². The number of fused-ring (bicyclic) bond motifs is 3. The van der Waals surface area contributed by atoms with Gasteiger partial charge < -0.3 is 20.5 Å². The Morgan fingerprint density at radius 2 is 1.58 bits per heavy atom. The average Bonchev–Trinajstić information content (AvgIpc) is 3.08. The van der Waals surface area contributed by atoms with E-state index in [1.807, 2.05) is 43.3 Å². The number of alkyl carbamates (subject to hydrolysis) is 1. The number of carboxylic acids is 1. The van der Waals surface area contributed by atoms with Gasteiger partial charge in [-0.25, -0.2) is 4.79 Å². The van der Waals surface area contributed by atoms with Crippen molar-refractivity contribution < 1.29 is 24.2 Å². The number of carbonyl (C=O) groups is 3. The number of hydrogen-bond acceptors (Lipinski definition) is 4. The Kier molecular flexibility index (Phi) is 7.28. The molecule has 0 fully saturated rings. The first kappa shape index (κ1) is 22.3. The minimum atomic E-state index is -1.14. The molecule has 7 nitrogen and oxygen atoms in total. The van der Waals surface area contributed by atoms with E-state index in [1.165, 1.54) is 6.92 Å². The highest BCUT2D eigenvalue weighted by atomic mass is 16.5. The third-order valence-electron chi connectivity index (χ3n) is 5.53. The van der Waals surface area contributed by atoms with Gasteiger partial charge in [-0.1, -0.05) is 68.3 Å². The number of ether oxygens (including phenoxy) is 1. The van der Waals surface area contributed by atoms with Crippen molar-refractivity contribution in [1.82, 2.24) is 10.6 Å².